The number of aromatic nitrogens is 2. The minimum atomic E-state index is -0.498. The Kier molecular flexibility index (Phi) is 5.95. The highest BCUT2D eigenvalue weighted by atomic mass is 16.5. The Morgan fingerprint density at radius 1 is 1.04 bits per heavy atom. The van der Waals surface area contributed by atoms with Crippen LogP contribution in [0.1, 0.15) is 16.2 Å². The zero-order valence-corrected chi connectivity index (χ0v) is 14.3. The number of carbonyl (C=O) groups excluding carboxylic acids is 1. The Bertz CT molecular complexity index is 848. The van der Waals surface area contributed by atoms with Gasteiger partial charge in [0, 0.05) is 12.7 Å². The van der Waals surface area contributed by atoms with Gasteiger partial charge in [0.05, 0.1) is 12.2 Å². The average molecular weight is 354 g/mol. The van der Waals surface area contributed by atoms with Crippen LogP contribution < -0.4 is 4.74 Å². The summed E-state index contributed by atoms with van der Waals surface area (Å²) in [6.45, 7) is 0.766. The lowest BCUT2D eigenvalue weighted by Crippen LogP contribution is -2.07. The van der Waals surface area contributed by atoms with Crippen molar-refractivity contribution < 1.29 is 23.4 Å². The molecule has 0 radical (unpaired) electrons. The Morgan fingerprint density at radius 2 is 1.88 bits per heavy atom. The smallest absolute Gasteiger partial charge is 0.338 e. The van der Waals surface area contributed by atoms with E-state index in [1.807, 2.05) is 30.3 Å². The minimum absolute atomic E-state index is 0.104. The predicted octanol–water partition coefficient (Wildman–Crippen LogP) is 3.12. The van der Waals surface area contributed by atoms with Crippen molar-refractivity contribution >= 4 is 5.97 Å². The molecule has 0 fully saturated rings. The first-order valence-electron chi connectivity index (χ1n) is 8.03. The molecule has 0 bridgehead atoms. The summed E-state index contributed by atoms with van der Waals surface area (Å²) < 4.78 is 21.1. The molecule has 0 saturated heterocycles. The summed E-state index contributed by atoms with van der Waals surface area (Å²) in [5.74, 6) is 0.678. The maximum Gasteiger partial charge on any atom is 0.338 e. The summed E-state index contributed by atoms with van der Waals surface area (Å²) in [4.78, 5) is 12.2. The van der Waals surface area contributed by atoms with Crippen LogP contribution in [0.2, 0.25) is 0 Å². The molecule has 0 N–H and O–H groups in total. The standard InChI is InChI=1S/C19H18N2O5/c1-23-10-11-24-16-9-5-8-15(12-16)19(22)25-13-17-20-21-18(26-17)14-6-3-2-4-7-14/h2-9,12H,10-11,13H2,1H3. The van der Waals surface area contributed by atoms with Crippen molar-refractivity contribution in [2.24, 2.45) is 0 Å². The van der Waals surface area contributed by atoms with Gasteiger partial charge in [-0.3, -0.25) is 0 Å². The molecule has 2 aromatic carbocycles. The molecule has 0 aliphatic heterocycles. The van der Waals surface area contributed by atoms with Crippen molar-refractivity contribution in [3.05, 3.63) is 66.1 Å². The Balaban J connectivity index is 1.57. The number of methoxy groups -OCH3 is 1. The molecule has 26 heavy (non-hydrogen) atoms. The third-order valence-electron chi connectivity index (χ3n) is 3.44. The highest BCUT2D eigenvalue weighted by Crippen LogP contribution is 2.18. The van der Waals surface area contributed by atoms with Gasteiger partial charge in [0.1, 0.15) is 12.4 Å². The van der Waals surface area contributed by atoms with Gasteiger partial charge in [0.15, 0.2) is 6.61 Å². The highest BCUT2D eigenvalue weighted by molar-refractivity contribution is 5.89. The van der Waals surface area contributed by atoms with Crippen molar-refractivity contribution in [1.29, 1.82) is 0 Å². The first-order chi connectivity index (χ1) is 12.8. The normalized spacial score (nSPS) is 10.5. The lowest BCUT2D eigenvalue weighted by molar-refractivity contribution is 0.0438. The largest absolute Gasteiger partial charge is 0.491 e. The summed E-state index contributed by atoms with van der Waals surface area (Å²) in [5.41, 5.74) is 1.18. The van der Waals surface area contributed by atoms with E-state index >= 15 is 0 Å². The summed E-state index contributed by atoms with van der Waals surface area (Å²) in [6.07, 6.45) is 0. The molecule has 0 aliphatic rings. The molecule has 3 aromatic rings. The van der Waals surface area contributed by atoms with E-state index in [4.69, 9.17) is 18.6 Å². The second-order valence-electron chi connectivity index (χ2n) is 5.31. The lowest BCUT2D eigenvalue weighted by Gasteiger charge is -2.07. The van der Waals surface area contributed by atoms with Crippen molar-refractivity contribution in [2.75, 3.05) is 20.3 Å². The molecule has 1 heterocycles. The monoisotopic (exact) mass is 354 g/mol. The molecule has 0 atom stereocenters. The Morgan fingerprint density at radius 3 is 2.69 bits per heavy atom. The maximum atomic E-state index is 12.2. The van der Waals surface area contributed by atoms with Crippen LogP contribution >= 0.6 is 0 Å². The van der Waals surface area contributed by atoms with E-state index < -0.39 is 5.97 Å². The average Bonchev–Trinajstić information content (AvgIpc) is 3.16. The molecule has 0 spiro atoms. The molecule has 134 valence electrons. The third kappa shape index (κ3) is 4.67. The fourth-order valence-corrected chi connectivity index (χ4v) is 2.18. The van der Waals surface area contributed by atoms with Gasteiger partial charge in [-0.15, -0.1) is 10.2 Å². The van der Waals surface area contributed by atoms with Crippen molar-refractivity contribution in [1.82, 2.24) is 10.2 Å². The SMILES string of the molecule is COCCOc1cccc(C(=O)OCc2nnc(-c3ccccc3)o2)c1. The molecular formula is C19H18N2O5. The van der Waals surface area contributed by atoms with E-state index in [-0.39, 0.29) is 12.5 Å². The molecule has 0 aliphatic carbocycles. The maximum absolute atomic E-state index is 12.2. The summed E-state index contributed by atoms with van der Waals surface area (Å²) >= 11 is 0. The van der Waals surface area contributed by atoms with Gasteiger partial charge in [0.25, 0.3) is 5.89 Å². The number of hydrogen-bond acceptors (Lipinski definition) is 7. The molecule has 7 heteroatoms. The Labute approximate surface area is 150 Å². The van der Waals surface area contributed by atoms with Crippen molar-refractivity contribution in [2.45, 2.75) is 6.61 Å². The second-order valence-corrected chi connectivity index (χ2v) is 5.31. The lowest BCUT2D eigenvalue weighted by atomic mass is 10.2. The van der Waals surface area contributed by atoms with E-state index in [1.165, 1.54) is 0 Å². The number of carbonyl (C=O) groups is 1. The quantitative estimate of drug-likeness (QED) is 0.454. The number of hydrogen-bond donors (Lipinski definition) is 0. The van der Waals surface area contributed by atoms with Crippen LogP contribution in [0, 0.1) is 0 Å². The zero-order chi connectivity index (χ0) is 18.2. The van der Waals surface area contributed by atoms with Crippen LogP contribution in [0.5, 0.6) is 5.75 Å². The van der Waals surface area contributed by atoms with Crippen LogP contribution in [0.3, 0.4) is 0 Å². The first kappa shape index (κ1) is 17.6. The predicted molar refractivity (Wildman–Crippen MR) is 92.7 cm³/mol. The number of benzene rings is 2. The minimum Gasteiger partial charge on any atom is -0.491 e. The Hall–Kier alpha value is -3.19. The molecule has 7 nitrogen and oxygen atoms in total. The fourth-order valence-electron chi connectivity index (χ4n) is 2.18. The van der Waals surface area contributed by atoms with Gasteiger partial charge in [-0.1, -0.05) is 24.3 Å². The van der Waals surface area contributed by atoms with Gasteiger partial charge < -0.3 is 18.6 Å². The summed E-state index contributed by atoms with van der Waals surface area (Å²) in [5, 5.41) is 7.85. The summed E-state index contributed by atoms with van der Waals surface area (Å²) in [6, 6.07) is 16.1. The van der Waals surface area contributed by atoms with Crippen LogP contribution in [-0.4, -0.2) is 36.5 Å². The van der Waals surface area contributed by atoms with Crippen LogP contribution in [0.4, 0.5) is 0 Å². The van der Waals surface area contributed by atoms with E-state index in [0.29, 0.717) is 30.4 Å². The van der Waals surface area contributed by atoms with Gasteiger partial charge in [-0.25, -0.2) is 4.79 Å². The number of nitrogens with zero attached hydrogens (tertiary/aromatic N) is 2. The zero-order valence-electron chi connectivity index (χ0n) is 14.3. The number of ether oxygens (including phenoxy) is 3. The topological polar surface area (TPSA) is 83.7 Å². The number of rotatable bonds is 8. The second kappa shape index (κ2) is 8.77. The van der Waals surface area contributed by atoms with Crippen LogP contribution in [0.15, 0.2) is 59.0 Å². The van der Waals surface area contributed by atoms with Gasteiger partial charge >= 0.3 is 5.97 Å². The molecular weight excluding hydrogens is 336 g/mol. The van der Waals surface area contributed by atoms with E-state index in [0.717, 1.165) is 5.56 Å². The number of esters is 1. The van der Waals surface area contributed by atoms with Crippen LogP contribution in [0.25, 0.3) is 11.5 Å². The van der Waals surface area contributed by atoms with Gasteiger partial charge in [0.2, 0.25) is 5.89 Å². The van der Waals surface area contributed by atoms with Crippen LogP contribution in [-0.2, 0) is 16.1 Å². The van der Waals surface area contributed by atoms with Crippen molar-refractivity contribution in [3.8, 4) is 17.2 Å². The van der Waals surface area contributed by atoms with E-state index in [1.54, 1.807) is 31.4 Å². The summed E-state index contributed by atoms with van der Waals surface area (Å²) in [7, 11) is 1.60. The molecule has 3 rings (SSSR count). The molecule has 0 saturated carbocycles. The van der Waals surface area contributed by atoms with Gasteiger partial charge in [-0.05, 0) is 30.3 Å². The molecule has 0 amide bonds. The fraction of sp³-hybridized carbons (Fsp3) is 0.211. The van der Waals surface area contributed by atoms with E-state index in [9.17, 15) is 4.79 Å². The highest BCUT2D eigenvalue weighted by Gasteiger charge is 2.13. The van der Waals surface area contributed by atoms with Gasteiger partial charge in [-0.2, -0.15) is 0 Å². The first-order valence-corrected chi connectivity index (χ1v) is 8.03. The molecule has 1 aromatic heterocycles. The molecule has 0 unspecified atom stereocenters. The van der Waals surface area contributed by atoms with Crippen molar-refractivity contribution in [3.63, 3.8) is 0 Å². The third-order valence-corrected chi connectivity index (χ3v) is 3.44. The van der Waals surface area contributed by atoms with E-state index in [2.05, 4.69) is 10.2 Å².